The maximum atomic E-state index is 12.6. The highest BCUT2D eigenvalue weighted by atomic mass is 16.3. The molecule has 0 saturated carbocycles. The highest BCUT2D eigenvalue weighted by Crippen LogP contribution is 2.27. The third-order valence-electron chi connectivity index (χ3n) is 4.50. The molecule has 0 aromatic carbocycles. The van der Waals surface area contributed by atoms with E-state index in [0.29, 0.717) is 5.91 Å². The van der Waals surface area contributed by atoms with Gasteiger partial charge in [-0.15, -0.1) is 0 Å². The Morgan fingerprint density at radius 1 is 1.40 bits per heavy atom. The van der Waals surface area contributed by atoms with Crippen molar-refractivity contribution in [2.45, 2.75) is 19.9 Å². The number of hydrogen-bond acceptors (Lipinski definition) is 4. The number of piperazine rings is 1. The molecule has 2 aliphatic rings. The zero-order valence-corrected chi connectivity index (χ0v) is 12.1. The Kier molecular flexibility index (Phi) is 3.81. The predicted molar refractivity (Wildman–Crippen MR) is 76.2 cm³/mol. The molecule has 1 aromatic heterocycles. The third kappa shape index (κ3) is 2.74. The molecule has 2 saturated heterocycles. The van der Waals surface area contributed by atoms with Crippen LogP contribution in [0.2, 0.25) is 0 Å². The number of nitrogens with zero attached hydrogens (tertiary/aromatic N) is 2. The van der Waals surface area contributed by atoms with Crippen molar-refractivity contribution in [1.82, 2.24) is 15.1 Å². The molecule has 5 heteroatoms. The van der Waals surface area contributed by atoms with Gasteiger partial charge in [0.1, 0.15) is 5.76 Å². The molecule has 2 fully saturated rings. The number of carbonyl (C=O) groups excluding carboxylic acids is 1. The first-order valence-corrected chi connectivity index (χ1v) is 7.42. The molecule has 3 rings (SSSR count). The number of hydrogen-bond donors (Lipinski definition) is 1. The molecule has 1 N–H and O–H groups in total. The van der Waals surface area contributed by atoms with Gasteiger partial charge in [0, 0.05) is 32.7 Å². The molecule has 0 radical (unpaired) electrons. The van der Waals surface area contributed by atoms with Gasteiger partial charge in [0.2, 0.25) is 5.91 Å². The smallest absolute Gasteiger partial charge is 0.229 e. The predicted octanol–water partition coefficient (Wildman–Crippen LogP) is 0.923. The summed E-state index contributed by atoms with van der Waals surface area (Å²) in [7, 11) is 0. The highest BCUT2D eigenvalue weighted by molar-refractivity contribution is 5.83. The van der Waals surface area contributed by atoms with Gasteiger partial charge in [-0.2, -0.15) is 0 Å². The van der Waals surface area contributed by atoms with Gasteiger partial charge in [-0.25, -0.2) is 0 Å². The minimum Gasteiger partial charge on any atom is -0.468 e. The second kappa shape index (κ2) is 5.58. The minimum absolute atomic E-state index is 0.191. The van der Waals surface area contributed by atoms with Crippen LogP contribution in [0.4, 0.5) is 0 Å². The van der Waals surface area contributed by atoms with Crippen molar-refractivity contribution in [3.63, 3.8) is 0 Å². The van der Waals surface area contributed by atoms with Crippen LogP contribution in [0.5, 0.6) is 0 Å². The van der Waals surface area contributed by atoms with E-state index in [9.17, 15) is 4.79 Å². The Morgan fingerprint density at radius 3 is 2.80 bits per heavy atom. The topological polar surface area (TPSA) is 48.7 Å². The van der Waals surface area contributed by atoms with Gasteiger partial charge in [0.25, 0.3) is 0 Å². The van der Waals surface area contributed by atoms with Crippen LogP contribution < -0.4 is 5.32 Å². The second-order valence-electron chi connectivity index (χ2n) is 6.14. The number of furan rings is 1. The number of carbonyl (C=O) groups is 1. The molecule has 110 valence electrons. The zero-order valence-electron chi connectivity index (χ0n) is 12.1. The third-order valence-corrected chi connectivity index (χ3v) is 4.50. The zero-order chi connectivity index (χ0) is 14.0. The fraction of sp³-hybridized carbons (Fsp3) is 0.667. The van der Waals surface area contributed by atoms with Crippen LogP contribution >= 0.6 is 0 Å². The van der Waals surface area contributed by atoms with Crippen LogP contribution in [0, 0.1) is 5.41 Å². The number of rotatable bonds is 3. The highest BCUT2D eigenvalue weighted by Gasteiger charge is 2.39. The summed E-state index contributed by atoms with van der Waals surface area (Å²) in [6.07, 6.45) is 2.67. The van der Waals surface area contributed by atoms with Crippen molar-refractivity contribution in [3.8, 4) is 0 Å². The summed E-state index contributed by atoms with van der Waals surface area (Å²) in [5, 5.41) is 3.30. The monoisotopic (exact) mass is 277 g/mol. The van der Waals surface area contributed by atoms with Crippen molar-refractivity contribution < 1.29 is 9.21 Å². The molecular weight excluding hydrogens is 254 g/mol. The fourth-order valence-corrected chi connectivity index (χ4v) is 3.11. The van der Waals surface area contributed by atoms with E-state index in [1.54, 1.807) is 6.26 Å². The van der Waals surface area contributed by atoms with Gasteiger partial charge in [0.05, 0.1) is 18.2 Å². The Balaban J connectivity index is 1.52. The SMILES string of the molecule is CC1(C(=O)N2CCN(Cc3ccco3)CC2)CCNC1. The van der Waals surface area contributed by atoms with Gasteiger partial charge in [0.15, 0.2) is 0 Å². The number of amides is 1. The summed E-state index contributed by atoms with van der Waals surface area (Å²) in [6.45, 7) is 8.22. The van der Waals surface area contributed by atoms with Crippen LogP contribution in [0.15, 0.2) is 22.8 Å². The van der Waals surface area contributed by atoms with Gasteiger partial charge >= 0.3 is 0 Å². The lowest BCUT2D eigenvalue weighted by Crippen LogP contribution is -2.52. The Bertz CT molecular complexity index is 444. The molecule has 2 aliphatic heterocycles. The second-order valence-corrected chi connectivity index (χ2v) is 6.14. The summed E-state index contributed by atoms with van der Waals surface area (Å²) in [6, 6.07) is 3.92. The molecule has 1 atom stereocenters. The summed E-state index contributed by atoms with van der Waals surface area (Å²) in [5.74, 6) is 1.32. The van der Waals surface area contributed by atoms with Crippen LogP contribution in [-0.4, -0.2) is 55.0 Å². The van der Waals surface area contributed by atoms with Gasteiger partial charge in [-0.1, -0.05) is 0 Å². The van der Waals surface area contributed by atoms with E-state index in [4.69, 9.17) is 4.42 Å². The summed E-state index contributed by atoms with van der Waals surface area (Å²) < 4.78 is 5.38. The quantitative estimate of drug-likeness (QED) is 0.893. The van der Waals surface area contributed by atoms with Crippen molar-refractivity contribution in [2.24, 2.45) is 5.41 Å². The molecule has 20 heavy (non-hydrogen) atoms. The lowest BCUT2D eigenvalue weighted by Gasteiger charge is -2.38. The van der Waals surface area contributed by atoms with Crippen molar-refractivity contribution in [2.75, 3.05) is 39.3 Å². The van der Waals surface area contributed by atoms with Crippen molar-refractivity contribution in [1.29, 1.82) is 0 Å². The van der Waals surface area contributed by atoms with E-state index in [1.807, 2.05) is 17.0 Å². The molecule has 1 aromatic rings. The molecular formula is C15H23N3O2. The fourth-order valence-electron chi connectivity index (χ4n) is 3.11. The van der Waals surface area contributed by atoms with E-state index in [0.717, 1.165) is 58.0 Å². The van der Waals surface area contributed by atoms with Gasteiger partial charge in [-0.05, 0) is 32.0 Å². The average molecular weight is 277 g/mol. The summed E-state index contributed by atoms with van der Waals surface area (Å²) in [4.78, 5) is 17.0. The lowest BCUT2D eigenvalue weighted by atomic mass is 9.88. The largest absolute Gasteiger partial charge is 0.468 e. The molecule has 0 spiro atoms. The van der Waals surface area contributed by atoms with E-state index in [-0.39, 0.29) is 5.41 Å². The first-order chi connectivity index (χ1) is 9.67. The Hall–Kier alpha value is -1.33. The standard InChI is InChI=1S/C15H23N3O2/c1-15(4-5-16-12-15)14(19)18-8-6-17(7-9-18)11-13-3-2-10-20-13/h2-3,10,16H,4-9,11-12H2,1H3. The molecule has 0 aliphatic carbocycles. The maximum Gasteiger partial charge on any atom is 0.229 e. The molecule has 1 unspecified atom stereocenters. The van der Waals surface area contributed by atoms with E-state index < -0.39 is 0 Å². The Morgan fingerprint density at radius 2 is 2.20 bits per heavy atom. The normalized spacial score (nSPS) is 27.9. The van der Waals surface area contributed by atoms with E-state index in [2.05, 4.69) is 17.1 Å². The van der Waals surface area contributed by atoms with Crippen molar-refractivity contribution >= 4 is 5.91 Å². The first-order valence-electron chi connectivity index (χ1n) is 7.42. The van der Waals surface area contributed by atoms with Crippen LogP contribution in [0.25, 0.3) is 0 Å². The summed E-state index contributed by atoms with van der Waals surface area (Å²) >= 11 is 0. The van der Waals surface area contributed by atoms with Crippen LogP contribution in [0.3, 0.4) is 0 Å². The molecule has 3 heterocycles. The van der Waals surface area contributed by atoms with Crippen LogP contribution in [0.1, 0.15) is 19.1 Å². The average Bonchev–Trinajstić information content (AvgIpc) is 3.11. The van der Waals surface area contributed by atoms with E-state index >= 15 is 0 Å². The van der Waals surface area contributed by atoms with E-state index in [1.165, 1.54) is 0 Å². The first kappa shape index (κ1) is 13.6. The van der Waals surface area contributed by atoms with Crippen LogP contribution in [-0.2, 0) is 11.3 Å². The van der Waals surface area contributed by atoms with Gasteiger partial charge < -0.3 is 14.6 Å². The molecule has 1 amide bonds. The maximum absolute atomic E-state index is 12.6. The number of nitrogens with one attached hydrogen (secondary N) is 1. The molecule has 5 nitrogen and oxygen atoms in total. The molecule has 0 bridgehead atoms. The van der Waals surface area contributed by atoms with Gasteiger partial charge in [-0.3, -0.25) is 9.69 Å². The van der Waals surface area contributed by atoms with Crippen molar-refractivity contribution in [3.05, 3.63) is 24.2 Å². The minimum atomic E-state index is -0.191. The lowest BCUT2D eigenvalue weighted by molar-refractivity contribution is -0.142. The summed E-state index contributed by atoms with van der Waals surface area (Å²) in [5.41, 5.74) is -0.191. The Labute approximate surface area is 119 Å².